The number of carboxylic acids is 1. The van der Waals surface area contributed by atoms with Crippen molar-refractivity contribution in [3.8, 4) is 0 Å². The first-order valence-electron chi connectivity index (χ1n) is 9.64. The highest BCUT2D eigenvalue weighted by Gasteiger charge is 2.41. The maximum atomic E-state index is 11.4. The zero-order valence-electron chi connectivity index (χ0n) is 15.3. The molecule has 2 aromatic rings. The zero-order chi connectivity index (χ0) is 18.5. The summed E-state index contributed by atoms with van der Waals surface area (Å²) in [6.45, 7) is 0. The Hall–Kier alpha value is -1.17. The summed E-state index contributed by atoms with van der Waals surface area (Å²) >= 11 is 3.34. The van der Waals surface area contributed by atoms with Gasteiger partial charge in [0.2, 0.25) is 0 Å². The standard InChI is InChI=1S/C11H14O2S.C10H15NS/c12-10(13)11(5-2-1-3-6-11)9-4-7-14-8-9;11-10(5-2-1-3-6-10)9-4-7-12-8-9/h4,7-8H,1-3,5-6H2,(H,12,13);4,7-8H,1-3,5-6,11H2. The molecule has 0 unspecified atom stereocenters. The predicted molar refractivity (Wildman–Crippen MR) is 110 cm³/mol. The van der Waals surface area contributed by atoms with Crippen LogP contribution in [-0.4, -0.2) is 11.1 Å². The molecule has 2 aromatic heterocycles. The lowest BCUT2D eigenvalue weighted by molar-refractivity contribution is -0.145. The van der Waals surface area contributed by atoms with Crippen molar-refractivity contribution in [2.75, 3.05) is 0 Å². The normalized spacial score (nSPS) is 21.4. The van der Waals surface area contributed by atoms with Gasteiger partial charge in [0.25, 0.3) is 0 Å². The molecule has 26 heavy (non-hydrogen) atoms. The van der Waals surface area contributed by atoms with Crippen molar-refractivity contribution < 1.29 is 9.90 Å². The van der Waals surface area contributed by atoms with Crippen LogP contribution in [0.1, 0.15) is 75.3 Å². The van der Waals surface area contributed by atoms with Gasteiger partial charge in [-0.3, -0.25) is 4.79 Å². The van der Waals surface area contributed by atoms with Gasteiger partial charge in [-0.2, -0.15) is 22.7 Å². The molecule has 3 nitrogen and oxygen atoms in total. The Bertz CT molecular complexity index is 667. The molecular formula is C21H29NO2S2. The number of nitrogens with two attached hydrogens (primary N) is 1. The first-order chi connectivity index (χ1) is 12.6. The number of thiophene rings is 2. The minimum atomic E-state index is -0.643. The summed E-state index contributed by atoms with van der Waals surface area (Å²) < 4.78 is 0. The molecule has 2 fully saturated rings. The minimum Gasteiger partial charge on any atom is -0.481 e. The third kappa shape index (κ3) is 4.21. The molecule has 2 aliphatic rings. The highest BCUT2D eigenvalue weighted by Crippen LogP contribution is 2.40. The number of hydrogen-bond acceptors (Lipinski definition) is 4. The third-order valence-corrected chi connectivity index (χ3v) is 7.40. The third-order valence-electron chi connectivity index (χ3n) is 6.03. The lowest BCUT2D eigenvalue weighted by Crippen LogP contribution is -2.38. The van der Waals surface area contributed by atoms with Gasteiger partial charge in [-0.1, -0.05) is 38.5 Å². The Morgan fingerprint density at radius 1 is 0.846 bits per heavy atom. The van der Waals surface area contributed by atoms with E-state index in [-0.39, 0.29) is 5.54 Å². The van der Waals surface area contributed by atoms with Crippen molar-refractivity contribution in [3.63, 3.8) is 0 Å². The highest BCUT2D eigenvalue weighted by atomic mass is 32.1. The fraction of sp³-hybridized carbons (Fsp3) is 0.571. The summed E-state index contributed by atoms with van der Waals surface area (Å²) in [6.07, 6.45) is 11.2. The summed E-state index contributed by atoms with van der Waals surface area (Å²) in [5, 5.41) is 17.6. The summed E-state index contributed by atoms with van der Waals surface area (Å²) in [5.74, 6) is -0.643. The van der Waals surface area contributed by atoms with E-state index in [4.69, 9.17) is 5.73 Å². The van der Waals surface area contributed by atoms with E-state index in [9.17, 15) is 9.90 Å². The first kappa shape index (κ1) is 19.6. The molecule has 4 rings (SSSR count). The molecule has 0 aliphatic heterocycles. The Labute approximate surface area is 164 Å². The van der Waals surface area contributed by atoms with Crippen molar-refractivity contribution in [1.29, 1.82) is 0 Å². The topological polar surface area (TPSA) is 63.3 Å². The summed E-state index contributed by atoms with van der Waals surface area (Å²) in [7, 11) is 0. The second-order valence-corrected chi connectivity index (χ2v) is 9.25. The summed E-state index contributed by atoms with van der Waals surface area (Å²) in [6, 6.07) is 4.14. The van der Waals surface area contributed by atoms with Crippen LogP contribution < -0.4 is 5.73 Å². The number of carbonyl (C=O) groups is 1. The Kier molecular flexibility index (Phi) is 6.54. The molecule has 142 valence electrons. The molecule has 0 amide bonds. The SMILES string of the molecule is NC1(c2ccsc2)CCCCC1.O=C(O)C1(c2ccsc2)CCCCC1. The van der Waals surface area contributed by atoms with Crippen LogP contribution in [0.15, 0.2) is 33.7 Å². The van der Waals surface area contributed by atoms with Crippen LogP contribution in [0.2, 0.25) is 0 Å². The molecule has 0 radical (unpaired) electrons. The number of rotatable bonds is 3. The van der Waals surface area contributed by atoms with Crippen molar-refractivity contribution in [3.05, 3.63) is 44.8 Å². The van der Waals surface area contributed by atoms with Gasteiger partial charge in [-0.15, -0.1) is 0 Å². The van der Waals surface area contributed by atoms with Crippen molar-refractivity contribution >= 4 is 28.6 Å². The van der Waals surface area contributed by atoms with Crippen LogP contribution in [0.3, 0.4) is 0 Å². The van der Waals surface area contributed by atoms with Gasteiger partial charge < -0.3 is 10.8 Å². The molecule has 2 saturated carbocycles. The molecule has 0 spiro atoms. The molecular weight excluding hydrogens is 362 g/mol. The monoisotopic (exact) mass is 391 g/mol. The second kappa shape index (κ2) is 8.68. The second-order valence-electron chi connectivity index (χ2n) is 7.69. The van der Waals surface area contributed by atoms with E-state index >= 15 is 0 Å². The van der Waals surface area contributed by atoms with Crippen LogP contribution in [0.5, 0.6) is 0 Å². The minimum absolute atomic E-state index is 0.0122. The molecule has 2 aliphatic carbocycles. The quantitative estimate of drug-likeness (QED) is 0.684. The fourth-order valence-corrected chi connectivity index (χ4v) is 5.86. The van der Waals surface area contributed by atoms with Gasteiger partial charge in [0, 0.05) is 5.54 Å². The van der Waals surface area contributed by atoms with Gasteiger partial charge >= 0.3 is 5.97 Å². The van der Waals surface area contributed by atoms with E-state index < -0.39 is 11.4 Å². The van der Waals surface area contributed by atoms with E-state index in [1.165, 1.54) is 44.1 Å². The first-order valence-corrected chi connectivity index (χ1v) is 11.5. The maximum Gasteiger partial charge on any atom is 0.314 e. The fourth-order valence-electron chi connectivity index (χ4n) is 4.34. The van der Waals surface area contributed by atoms with Crippen LogP contribution in [-0.2, 0) is 15.7 Å². The highest BCUT2D eigenvalue weighted by molar-refractivity contribution is 7.08. The van der Waals surface area contributed by atoms with Gasteiger partial charge in [0.05, 0.1) is 5.41 Å². The van der Waals surface area contributed by atoms with E-state index in [1.54, 1.807) is 22.7 Å². The smallest absolute Gasteiger partial charge is 0.314 e. The average Bonchev–Trinajstić information content (AvgIpc) is 3.38. The predicted octanol–water partition coefficient (Wildman–Crippen LogP) is 5.90. The van der Waals surface area contributed by atoms with Crippen molar-refractivity contribution in [2.45, 2.75) is 75.2 Å². The van der Waals surface area contributed by atoms with Gasteiger partial charge in [-0.05, 0) is 70.5 Å². The summed E-state index contributed by atoms with van der Waals surface area (Å²) in [4.78, 5) is 11.4. The molecule has 2 heterocycles. The molecule has 0 bridgehead atoms. The lowest BCUT2D eigenvalue weighted by Gasteiger charge is -2.32. The van der Waals surface area contributed by atoms with Crippen LogP contribution in [0, 0.1) is 0 Å². The zero-order valence-corrected chi connectivity index (χ0v) is 16.9. The molecule has 0 aromatic carbocycles. The lowest BCUT2D eigenvalue weighted by atomic mass is 9.70. The largest absolute Gasteiger partial charge is 0.481 e. The van der Waals surface area contributed by atoms with Crippen LogP contribution >= 0.6 is 22.7 Å². The number of hydrogen-bond donors (Lipinski definition) is 2. The van der Waals surface area contributed by atoms with E-state index in [0.717, 1.165) is 31.2 Å². The summed E-state index contributed by atoms with van der Waals surface area (Å²) in [5.41, 5.74) is 8.14. The van der Waals surface area contributed by atoms with Crippen molar-refractivity contribution in [1.82, 2.24) is 0 Å². The van der Waals surface area contributed by atoms with Gasteiger partial charge in [0.15, 0.2) is 0 Å². The van der Waals surface area contributed by atoms with Gasteiger partial charge in [-0.25, -0.2) is 0 Å². The van der Waals surface area contributed by atoms with Gasteiger partial charge in [0.1, 0.15) is 0 Å². The average molecular weight is 392 g/mol. The maximum absolute atomic E-state index is 11.4. The number of aliphatic carboxylic acids is 1. The Morgan fingerprint density at radius 3 is 1.81 bits per heavy atom. The van der Waals surface area contributed by atoms with Crippen LogP contribution in [0.4, 0.5) is 0 Å². The molecule has 0 saturated heterocycles. The molecule has 0 atom stereocenters. The number of carboxylic acid groups (broad SMARTS) is 1. The Balaban J connectivity index is 0.000000152. The van der Waals surface area contributed by atoms with Crippen LogP contribution in [0.25, 0.3) is 0 Å². The van der Waals surface area contributed by atoms with E-state index in [1.807, 2.05) is 16.8 Å². The molecule has 3 N–H and O–H groups in total. The van der Waals surface area contributed by atoms with Crippen molar-refractivity contribution in [2.24, 2.45) is 5.73 Å². The Morgan fingerprint density at radius 2 is 1.35 bits per heavy atom. The molecule has 5 heteroatoms. The van der Waals surface area contributed by atoms with E-state index in [0.29, 0.717) is 0 Å². The van der Waals surface area contributed by atoms with E-state index in [2.05, 4.69) is 16.8 Å².